The van der Waals surface area contributed by atoms with Crippen molar-refractivity contribution in [3.8, 4) is 17.8 Å². The van der Waals surface area contributed by atoms with E-state index in [0.717, 1.165) is 11.3 Å². The van der Waals surface area contributed by atoms with Crippen molar-refractivity contribution in [2.45, 2.75) is 26.1 Å². The minimum absolute atomic E-state index is 0.0360. The van der Waals surface area contributed by atoms with Crippen LogP contribution in [0.15, 0.2) is 36.2 Å². The van der Waals surface area contributed by atoms with E-state index in [9.17, 15) is 4.79 Å². The molecule has 1 atom stereocenters. The molecule has 4 aromatic rings. The van der Waals surface area contributed by atoms with Gasteiger partial charge in [0, 0.05) is 11.6 Å². The van der Waals surface area contributed by atoms with Crippen molar-refractivity contribution >= 4 is 45.0 Å². The average Bonchev–Trinajstić information content (AvgIpc) is 3.44. The van der Waals surface area contributed by atoms with Crippen molar-refractivity contribution in [3.63, 3.8) is 0 Å². The Labute approximate surface area is 197 Å². The maximum Gasteiger partial charge on any atom is 0.269 e. The minimum Gasteiger partial charge on any atom is -0.461 e. The number of pyridine rings is 1. The summed E-state index contributed by atoms with van der Waals surface area (Å²) in [5.74, 6) is 0.0393. The number of carbonyl (C=O) groups excluding carboxylic acids is 1. The van der Waals surface area contributed by atoms with Crippen LogP contribution in [0.1, 0.15) is 19.5 Å². The van der Waals surface area contributed by atoms with Gasteiger partial charge in [-0.3, -0.25) is 10.1 Å². The van der Waals surface area contributed by atoms with Crippen molar-refractivity contribution < 1.29 is 14.3 Å². The van der Waals surface area contributed by atoms with E-state index in [1.165, 1.54) is 17.2 Å². The number of fused-ring (bicyclic) bond motifs is 1. The zero-order valence-corrected chi connectivity index (χ0v) is 19.0. The quantitative estimate of drug-likeness (QED) is 0.399. The lowest BCUT2D eigenvalue weighted by atomic mass is 10.3. The van der Waals surface area contributed by atoms with E-state index in [1.807, 2.05) is 19.9 Å². The smallest absolute Gasteiger partial charge is 0.269 e. The van der Waals surface area contributed by atoms with Crippen LogP contribution in [-0.2, 0) is 9.53 Å². The second-order valence-corrected chi connectivity index (χ2v) is 8.17. The number of anilines is 1. The molecule has 33 heavy (non-hydrogen) atoms. The Hall–Kier alpha value is -3.66. The van der Waals surface area contributed by atoms with Crippen molar-refractivity contribution in [1.82, 2.24) is 29.7 Å². The SMILES string of the molecule is CC(C)OC[C@H](Oc1ncnc2c1cnn2-c1ncccc1Cl)C(=O)Nc1nc(C#N)cs1. The van der Waals surface area contributed by atoms with E-state index in [4.69, 9.17) is 26.3 Å². The summed E-state index contributed by atoms with van der Waals surface area (Å²) in [6.45, 7) is 3.66. The van der Waals surface area contributed by atoms with Gasteiger partial charge in [0.25, 0.3) is 5.91 Å². The molecule has 13 heteroatoms. The normalized spacial score (nSPS) is 12.0. The number of thiazole rings is 1. The van der Waals surface area contributed by atoms with E-state index in [1.54, 1.807) is 23.7 Å². The zero-order chi connectivity index (χ0) is 23.4. The van der Waals surface area contributed by atoms with Crippen LogP contribution in [-0.4, -0.2) is 54.4 Å². The summed E-state index contributed by atoms with van der Waals surface area (Å²) in [6, 6.07) is 5.32. The number of amides is 1. The van der Waals surface area contributed by atoms with Crippen molar-refractivity contribution in [2.24, 2.45) is 0 Å². The number of nitrogens with one attached hydrogen (secondary N) is 1. The molecule has 4 aromatic heterocycles. The number of halogens is 1. The molecule has 0 aliphatic rings. The van der Waals surface area contributed by atoms with Crippen LogP contribution in [0.3, 0.4) is 0 Å². The molecule has 0 fully saturated rings. The first kappa shape index (κ1) is 22.5. The van der Waals surface area contributed by atoms with Crippen LogP contribution >= 0.6 is 22.9 Å². The molecule has 11 nitrogen and oxygen atoms in total. The van der Waals surface area contributed by atoms with Gasteiger partial charge in [0.2, 0.25) is 12.0 Å². The van der Waals surface area contributed by atoms with Crippen LogP contribution in [0, 0.1) is 11.3 Å². The summed E-state index contributed by atoms with van der Waals surface area (Å²) >= 11 is 7.38. The lowest BCUT2D eigenvalue weighted by molar-refractivity contribution is -0.126. The molecule has 0 aromatic carbocycles. The van der Waals surface area contributed by atoms with Gasteiger partial charge in [-0.05, 0) is 26.0 Å². The number of hydrogen-bond acceptors (Lipinski definition) is 10. The minimum atomic E-state index is -1.05. The number of carbonyl (C=O) groups is 1. The first-order chi connectivity index (χ1) is 16.0. The van der Waals surface area contributed by atoms with Crippen molar-refractivity contribution in [2.75, 3.05) is 11.9 Å². The Kier molecular flexibility index (Phi) is 6.74. The van der Waals surface area contributed by atoms with Crippen molar-refractivity contribution in [3.05, 3.63) is 47.0 Å². The highest BCUT2D eigenvalue weighted by molar-refractivity contribution is 7.14. The van der Waals surface area contributed by atoms with Gasteiger partial charge in [0.1, 0.15) is 17.8 Å². The molecule has 4 heterocycles. The highest BCUT2D eigenvalue weighted by atomic mass is 35.5. The highest BCUT2D eigenvalue weighted by Gasteiger charge is 2.25. The van der Waals surface area contributed by atoms with E-state index in [0.29, 0.717) is 21.9 Å². The molecular weight excluding hydrogens is 468 g/mol. The highest BCUT2D eigenvalue weighted by Crippen LogP contribution is 2.26. The predicted molar refractivity (Wildman–Crippen MR) is 120 cm³/mol. The molecule has 1 amide bonds. The van der Waals surface area contributed by atoms with Crippen LogP contribution in [0.2, 0.25) is 5.02 Å². The largest absolute Gasteiger partial charge is 0.461 e. The molecule has 4 rings (SSSR count). The molecule has 1 N–H and O–H groups in total. The first-order valence-corrected chi connectivity index (χ1v) is 11.0. The lowest BCUT2D eigenvalue weighted by Crippen LogP contribution is -2.38. The molecule has 0 aliphatic heterocycles. The fraction of sp³-hybridized carbons (Fsp3) is 0.250. The zero-order valence-electron chi connectivity index (χ0n) is 17.5. The number of nitrogens with zero attached hydrogens (tertiary/aromatic N) is 7. The Morgan fingerprint density at radius 3 is 2.94 bits per heavy atom. The summed E-state index contributed by atoms with van der Waals surface area (Å²) in [6.07, 6.45) is 3.21. The fourth-order valence-corrected chi connectivity index (χ4v) is 3.59. The second kappa shape index (κ2) is 9.86. The number of aromatic nitrogens is 6. The Morgan fingerprint density at radius 1 is 1.36 bits per heavy atom. The van der Waals surface area contributed by atoms with Crippen LogP contribution in [0.25, 0.3) is 16.9 Å². The number of rotatable bonds is 8. The maximum atomic E-state index is 12.9. The summed E-state index contributed by atoms with van der Waals surface area (Å²) in [5.41, 5.74) is 0.618. The van der Waals surface area contributed by atoms with Crippen molar-refractivity contribution in [1.29, 1.82) is 5.26 Å². The van der Waals surface area contributed by atoms with E-state index >= 15 is 0 Å². The van der Waals surface area contributed by atoms with Crippen LogP contribution < -0.4 is 10.1 Å². The molecule has 0 spiro atoms. The molecule has 0 bridgehead atoms. The Morgan fingerprint density at radius 2 is 2.21 bits per heavy atom. The van der Waals surface area contributed by atoms with Gasteiger partial charge in [-0.1, -0.05) is 11.6 Å². The Bertz CT molecular complexity index is 1330. The monoisotopic (exact) mass is 484 g/mol. The van der Waals surface area contributed by atoms with Crippen LogP contribution in [0.5, 0.6) is 5.88 Å². The topological polar surface area (TPSA) is 141 Å². The molecule has 0 unspecified atom stereocenters. The van der Waals surface area contributed by atoms with Gasteiger partial charge >= 0.3 is 0 Å². The number of hydrogen-bond donors (Lipinski definition) is 1. The molecule has 0 saturated heterocycles. The standard InChI is InChI=1S/C20H17ClN8O3S/c1-11(2)31-8-15(18(30)28-20-27-12(6-22)9-33-20)32-19-13-7-26-29(16(13)24-10-25-19)17-14(21)4-3-5-23-17/h3-5,7,9-11,15H,8H2,1-2H3,(H,27,28,30)/t15-/m0/s1. The number of nitriles is 1. The van der Waals surface area contributed by atoms with Crippen LogP contribution in [0.4, 0.5) is 5.13 Å². The van der Waals surface area contributed by atoms with Gasteiger partial charge in [-0.25, -0.2) is 19.9 Å². The molecule has 0 radical (unpaired) electrons. The first-order valence-electron chi connectivity index (χ1n) is 9.70. The van der Waals surface area contributed by atoms with Gasteiger partial charge in [0.15, 0.2) is 22.3 Å². The third-order valence-corrected chi connectivity index (χ3v) is 5.30. The van der Waals surface area contributed by atoms with E-state index in [2.05, 4.69) is 30.4 Å². The Balaban J connectivity index is 1.62. The summed E-state index contributed by atoms with van der Waals surface area (Å²) < 4.78 is 13.0. The summed E-state index contributed by atoms with van der Waals surface area (Å²) in [5, 5.41) is 18.6. The van der Waals surface area contributed by atoms with E-state index in [-0.39, 0.29) is 29.4 Å². The second-order valence-electron chi connectivity index (χ2n) is 6.91. The molecule has 0 saturated carbocycles. The van der Waals surface area contributed by atoms with Gasteiger partial charge in [-0.15, -0.1) is 11.3 Å². The third kappa shape index (κ3) is 5.06. The fourth-order valence-electron chi connectivity index (χ4n) is 2.75. The third-order valence-electron chi connectivity index (χ3n) is 4.25. The van der Waals surface area contributed by atoms with E-state index < -0.39 is 12.0 Å². The van der Waals surface area contributed by atoms with Gasteiger partial charge in [0.05, 0.1) is 23.9 Å². The molecule has 168 valence electrons. The summed E-state index contributed by atoms with van der Waals surface area (Å²) in [4.78, 5) is 29.6. The average molecular weight is 485 g/mol. The lowest BCUT2D eigenvalue weighted by Gasteiger charge is -2.19. The predicted octanol–water partition coefficient (Wildman–Crippen LogP) is 3.00. The molecule has 0 aliphatic carbocycles. The number of ether oxygens (including phenoxy) is 2. The maximum absolute atomic E-state index is 12.9. The van der Waals surface area contributed by atoms with Gasteiger partial charge in [-0.2, -0.15) is 15.0 Å². The molecular formula is C20H17ClN8O3S. The summed E-state index contributed by atoms with van der Waals surface area (Å²) in [7, 11) is 0. The van der Waals surface area contributed by atoms with Gasteiger partial charge < -0.3 is 9.47 Å².